The molecule has 0 unspecified atom stereocenters. The number of halogens is 1. The standard InChI is InChI=1S/C11H9FN6O2S/c12-10-2-1-8(3-7(10)4-13)18-21(19,20)9-5-15-11(17-14)16-6-9/h1-3,5-6,18H,14H2,(H,15,16,17). The molecule has 0 bridgehead atoms. The summed E-state index contributed by atoms with van der Waals surface area (Å²) in [7, 11) is -3.95. The van der Waals surface area contributed by atoms with E-state index in [1.807, 2.05) is 0 Å². The molecule has 2 rings (SSSR count). The summed E-state index contributed by atoms with van der Waals surface area (Å²) in [5, 5.41) is 8.71. The summed E-state index contributed by atoms with van der Waals surface area (Å²) in [6.07, 6.45) is 2.11. The molecular formula is C11H9FN6O2S. The van der Waals surface area contributed by atoms with Crippen LogP contribution in [0.4, 0.5) is 16.0 Å². The molecule has 0 saturated heterocycles. The van der Waals surface area contributed by atoms with E-state index >= 15 is 0 Å². The first-order chi connectivity index (χ1) is 9.96. The zero-order chi connectivity index (χ0) is 15.5. The minimum Gasteiger partial charge on any atom is -0.292 e. The Labute approximate surface area is 119 Å². The third-order valence-electron chi connectivity index (χ3n) is 2.41. The molecule has 10 heteroatoms. The van der Waals surface area contributed by atoms with Gasteiger partial charge in [-0.2, -0.15) is 5.26 Å². The zero-order valence-electron chi connectivity index (χ0n) is 10.4. The van der Waals surface area contributed by atoms with Crippen LogP contribution in [0, 0.1) is 17.1 Å². The molecule has 0 spiro atoms. The Kier molecular flexibility index (Phi) is 3.97. The Morgan fingerprint density at radius 1 is 1.29 bits per heavy atom. The van der Waals surface area contributed by atoms with Crippen molar-refractivity contribution in [3.05, 3.63) is 42.0 Å². The molecule has 1 heterocycles. The number of hydrogen-bond acceptors (Lipinski definition) is 7. The molecule has 8 nitrogen and oxygen atoms in total. The summed E-state index contributed by atoms with van der Waals surface area (Å²) in [6.45, 7) is 0. The Morgan fingerprint density at radius 3 is 2.52 bits per heavy atom. The molecule has 21 heavy (non-hydrogen) atoms. The number of nitriles is 1. The van der Waals surface area contributed by atoms with Crippen LogP contribution in [-0.2, 0) is 10.0 Å². The second-order valence-corrected chi connectivity index (χ2v) is 5.48. The van der Waals surface area contributed by atoms with Crippen LogP contribution in [0.15, 0.2) is 35.5 Å². The maximum absolute atomic E-state index is 13.2. The number of nitrogens with zero attached hydrogens (tertiary/aromatic N) is 3. The van der Waals surface area contributed by atoms with Gasteiger partial charge in [0, 0.05) is 0 Å². The Morgan fingerprint density at radius 2 is 1.95 bits per heavy atom. The molecule has 0 amide bonds. The first-order valence-corrected chi connectivity index (χ1v) is 6.96. The van der Waals surface area contributed by atoms with Gasteiger partial charge in [0.1, 0.15) is 16.8 Å². The molecule has 0 aliphatic rings. The van der Waals surface area contributed by atoms with Gasteiger partial charge >= 0.3 is 0 Å². The van der Waals surface area contributed by atoms with Crippen molar-refractivity contribution in [2.75, 3.05) is 10.1 Å². The van der Waals surface area contributed by atoms with E-state index in [-0.39, 0.29) is 22.1 Å². The van der Waals surface area contributed by atoms with Crippen LogP contribution in [0.2, 0.25) is 0 Å². The average Bonchev–Trinajstić information content (AvgIpc) is 2.49. The summed E-state index contributed by atoms with van der Waals surface area (Å²) < 4.78 is 39.5. The molecule has 1 aromatic carbocycles. The fraction of sp³-hybridized carbons (Fsp3) is 0. The van der Waals surface area contributed by atoms with E-state index in [4.69, 9.17) is 11.1 Å². The van der Waals surface area contributed by atoms with Gasteiger partial charge in [-0.25, -0.2) is 28.6 Å². The molecule has 1 aromatic heterocycles. The van der Waals surface area contributed by atoms with Crippen LogP contribution < -0.4 is 16.0 Å². The van der Waals surface area contributed by atoms with Crippen molar-refractivity contribution in [3.8, 4) is 6.07 Å². The summed E-state index contributed by atoms with van der Waals surface area (Å²) in [5.74, 6) is 4.40. The minimum atomic E-state index is -3.95. The summed E-state index contributed by atoms with van der Waals surface area (Å²) in [4.78, 5) is 7.14. The Bertz CT molecular complexity index is 800. The van der Waals surface area contributed by atoms with E-state index in [9.17, 15) is 12.8 Å². The Hall–Kier alpha value is -2.77. The highest BCUT2D eigenvalue weighted by Crippen LogP contribution is 2.18. The smallest absolute Gasteiger partial charge is 0.264 e. The van der Waals surface area contributed by atoms with Crippen LogP contribution in [0.3, 0.4) is 0 Å². The molecule has 0 radical (unpaired) electrons. The fourth-order valence-corrected chi connectivity index (χ4v) is 2.36. The molecule has 0 saturated carbocycles. The van der Waals surface area contributed by atoms with E-state index in [1.54, 1.807) is 6.07 Å². The number of hydrogen-bond donors (Lipinski definition) is 3. The number of rotatable bonds is 4. The maximum atomic E-state index is 13.2. The predicted molar refractivity (Wildman–Crippen MR) is 71.8 cm³/mol. The lowest BCUT2D eigenvalue weighted by molar-refractivity contribution is 0.600. The minimum absolute atomic E-state index is 0.0500. The number of nitrogens with two attached hydrogens (primary N) is 1. The number of nitrogen functional groups attached to an aromatic ring is 1. The predicted octanol–water partition coefficient (Wildman–Crippen LogP) is 0.574. The van der Waals surface area contributed by atoms with Crippen molar-refractivity contribution in [2.24, 2.45) is 5.84 Å². The van der Waals surface area contributed by atoms with Crippen LogP contribution in [0.5, 0.6) is 0 Å². The van der Waals surface area contributed by atoms with Crippen LogP contribution in [-0.4, -0.2) is 18.4 Å². The molecule has 0 aliphatic carbocycles. The molecule has 4 N–H and O–H groups in total. The van der Waals surface area contributed by atoms with Crippen LogP contribution in [0.25, 0.3) is 0 Å². The molecule has 0 aliphatic heterocycles. The van der Waals surface area contributed by atoms with Crippen LogP contribution in [0.1, 0.15) is 5.56 Å². The summed E-state index contributed by atoms with van der Waals surface area (Å²) >= 11 is 0. The molecular weight excluding hydrogens is 299 g/mol. The maximum Gasteiger partial charge on any atom is 0.264 e. The van der Waals surface area contributed by atoms with E-state index in [1.165, 1.54) is 6.07 Å². The lowest BCUT2D eigenvalue weighted by atomic mass is 10.2. The quantitative estimate of drug-likeness (QED) is 0.555. The highest BCUT2D eigenvalue weighted by Gasteiger charge is 2.16. The summed E-state index contributed by atoms with van der Waals surface area (Å²) in [5.41, 5.74) is 1.94. The highest BCUT2D eigenvalue weighted by molar-refractivity contribution is 7.92. The second-order valence-electron chi connectivity index (χ2n) is 3.80. The van der Waals surface area contributed by atoms with Gasteiger partial charge < -0.3 is 0 Å². The van der Waals surface area contributed by atoms with E-state index in [0.717, 1.165) is 24.5 Å². The molecule has 0 fully saturated rings. The van der Waals surface area contributed by atoms with Gasteiger partial charge in [-0.15, -0.1) is 0 Å². The zero-order valence-corrected chi connectivity index (χ0v) is 11.2. The largest absolute Gasteiger partial charge is 0.292 e. The molecule has 2 aromatic rings. The van der Waals surface area contributed by atoms with Gasteiger partial charge in [0.05, 0.1) is 23.6 Å². The molecule has 0 atom stereocenters. The Balaban J connectivity index is 2.30. The first-order valence-electron chi connectivity index (χ1n) is 5.47. The van der Waals surface area contributed by atoms with Crippen molar-refractivity contribution >= 4 is 21.7 Å². The van der Waals surface area contributed by atoms with Crippen molar-refractivity contribution < 1.29 is 12.8 Å². The first kappa shape index (κ1) is 14.6. The number of aromatic nitrogens is 2. The lowest BCUT2D eigenvalue weighted by Gasteiger charge is -2.08. The third kappa shape index (κ3) is 3.22. The number of hydrazine groups is 1. The van der Waals surface area contributed by atoms with Crippen LogP contribution >= 0.6 is 0 Å². The fourth-order valence-electron chi connectivity index (χ4n) is 1.42. The van der Waals surface area contributed by atoms with Gasteiger partial charge in [-0.3, -0.25) is 10.1 Å². The SMILES string of the molecule is N#Cc1cc(NS(=O)(=O)c2cnc(NN)nc2)ccc1F. The number of anilines is 2. The summed E-state index contributed by atoms with van der Waals surface area (Å²) in [6, 6.07) is 4.90. The van der Waals surface area contributed by atoms with Gasteiger partial charge in [-0.05, 0) is 18.2 Å². The monoisotopic (exact) mass is 308 g/mol. The number of sulfonamides is 1. The van der Waals surface area contributed by atoms with Crippen molar-refractivity contribution in [3.63, 3.8) is 0 Å². The van der Waals surface area contributed by atoms with Gasteiger partial charge in [0.2, 0.25) is 5.95 Å². The third-order valence-corrected chi connectivity index (χ3v) is 3.74. The van der Waals surface area contributed by atoms with Crippen molar-refractivity contribution in [2.45, 2.75) is 4.90 Å². The van der Waals surface area contributed by atoms with Crippen molar-refractivity contribution in [1.82, 2.24) is 9.97 Å². The normalized spacial score (nSPS) is 10.7. The van der Waals surface area contributed by atoms with E-state index in [0.29, 0.717) is 0 Å². The van der Waals surface area contributed by atoms with E-state index < -0.39 is 15.8 Å². The highest BCUT2D eigenvalue weighted by atomic mass is 32.2. The average molecular weight is 308 g/mol. The number of nitrogens with one attached hydrogen (secondary N) is 2. The molecule has 108 valence electrons. The van der Waals surface area contributed by atoms with Crippen molar-refractivity contribution in [1.29, 1.82) is 5.26 Å². The topological polar surface area (TPSA) is 134 Å². The van der Waals surface area contributed by atoms with E-state index in [2.05, 4.69) is 20.1 Å². The van der Waals surface area contributed by atoms with Gasteiger partial charge in [0.25, 0.3) is 10.0 Å². The lowest BCUT2D eigenvalue weighted by Crippen LogP contribution is -2.15. The van der Waals surface area contributed by atoms with Gasteiger partial charge in [-0.1, -0.05) is 0 Å². The van der Waals surface area contributed by atoms with Gasteiger partial charge in [0.15, 0.2) is 0 Å². The second kappa shape index (κ2) is 5.70. The number of benzene rings is 1.